The maximum absolute atomic E-state index is 11.2. The van der Waals surface area contributed by atoms with E-state index in [9.17, 15) is 4.79 Å². The van der Waals surface area contributed by atoms with E-state index in [2.05, 4.69) is 10.2 Å². The summed E-state index contributed by atoms with van der Waals surface area (Å²) in [6.07, 6.45) is 4.74. The third-order valence-corrected chi connectivity index (χ3v) is 2.30. The minimum atomic E-state index is -0.457. The number of nitrogens with zero attached hydrogens (tertiary/aromatic N) is 2. The molecule has 0 aliphatic heterocycles. The Bertz CT molecular complexity index is 388. The third-order valence-electron chi connectivity index (χ3n) is 2.30. The van der Waals surface area contributed by atoms with Crippen molar-refractivity contribution in [2.45, 2.75) is 32.3 Å². The van der Waals surface area contributed by atoms with E-state index in [0.717, 1.165) is 0 Å². The van der Waals surface area contributed by atoms with E-state index in [0.29, 0.717) is 30.5 Å². The normalized spacial score (nSPS) is 13.4. The van der Waals surface area contributed by atoms with Crippen LogP contribution < -0.4 is 5.73 Å². The fourth-order valence-electron chi connectivity index (χ4n) is 1.42. The molecule has 5 nitrogen and oxygen atoms in total. The van der Waals surface area contributed by atoms with Gasteiger partial charge in [-0.2, -0.15) is 10.2 Å². The number of aromatic nitrogens is 2. The number of carbonyl (C=O) groups is 1. The zero-order valence-electron chi connectivity index (χ0n) is 9.84. The number of hydrogen-bond acceptors (Lipinski definition) is 4. The van der Waals surface area contributed by atoms with Gasteiger partial charge in [-0.3, -0.25) is 4.79 Å². The lowest BCUT2D eigenvalue weighted by Gasteiger charge is -2.05. The van der Waals surface area contributed by atoms with Crippen molar-refractivity contribution in [3.63, 3.8) is 0 Å². The highest BCUT2D eigenvalue weighted by Crippen LogP contribution is 2.12. The Morgan fingerprint density at radius 3 is 2.94 bits per heavy atom. The molecule has 92 valence electrons. The van der Waals surface area contributed by atoms with E-state index in [1.807, 2.05) is 0 Å². The first-order valence-corrected chi connectivity index (χ1v) is 5.55. The van der Waals surface area contributed by atoms with Gasteiger partial charge >= 0.3 is 0 Å². The molecule has 0 radical (unpaired) electrons. The quantitative estimate of drug-likeness (QED) is 0.717. The molecular weight excluding hydrogens is 218 g/mol. The highest BCUT2D eigenvalue weighted by molar-refractivity contribution is 5.96. The molecule has 1 rings (SSSR count). The van der Waals surface area contributed by atoms with Gasteiger partial charge in [-0.05, 0) is 44.4 Å². The predicted molar refractivity (Wildman–Crippen MR) is 64.7 cm³/mol. The van der Waals surface area contributed by atoms with E-state index < -0.39 is 5.91 Å². The Morgan fingerprint density at radius 1 is 1.65 bits per heavy atom. The fourth-order valence-corrected chi connectivity index (χ4v) is 1.42. The molecule has 5 heteroatoms. The molecule has 3 N–H and O–H groups in total. The lowest BCUT2D eigenvalue weighted by Crippen LogP contribution is -2.14. The minimum Gasteiger partial charge on any atom is -0.393 e. The van der Waals surface area contributed by atoms with Crippen LogP contribution in [0.5, 0.6) is 0 Å². The van der Waals surface area contributed by atoms with Gasteiger partial charge in [0.25, 0.3) is 0 Å². The number of hydrogen-bond donors (Lipinski definition) is 2. The molecule has 0 fully saturated rings. The fraction of sp³-hybridized carbons (Fsp3) is 0.417. The Kier molecular flexibility index (Phi) is 5.29. The molecule has 1 heterocycles. The van der Waals surface area contributed by atoms with Gasteiger partial charge in [0.15, 0.2) is 0 Å². The van der Waals surface area contributed by atoms with Crippen LogP contribution in [0.2, 0.25) is 0 Å². The Morgan fingerprint density at radius 2 is 2.41 bits per heavy atom. The maximum atomic E-state index is 11.2. The maximum Gasteiger partial charge on any atom is 0.244 e. The van der Waals surface area contributed by atoms with Gasteiger partial charge < -0.3 is 10.8 Å². The van der Waals surface area contributed by atoms with Gasteiger partial charge in [0.1, 0.15) is 0 Å². The summed E-state index contributed by atoms with van der Waals surface area (Å²) in [7, 11) is 0. The van der Waals surface area contributed by atoms with Crippen molar-refractivity contribution in [3.05, 3.63) is 29.6 Å². The van der Waals surface area contributed by atoms with Crippen LogP contribution in [0.25, 0.3) is 6.08 Å². The number of aliphatic hydroxyl groups is 1. The Balaban J connectivity index is 2.66. The molecule has 0 aromatic carbocycles. The first kappa shape index (κ1) is 13.3. The lowest BCUT2D eigenvalue weighted by molar-refractivity contribution is -0.114. The summed E-state index contributed by atoms with van der Waals surface area (Å²) in [5.74, 6) is -0.457. The third kappa shape index (κ3) is 5.21. The topological polar surface area (TPSA) is 89.1 Å². The summed E-state index contributed by atoms with van der Waals surface area (Å²) >= 11 is 0. The molecule has 0 saturated heterocycles. The monoisotopic (exact) mass is 235 g/mol. The summed E-state index contributed by atoms with van der Waals surface area (Å²) in [6.45, 7) is 1.72. The summed E-state index contributed by atoms with van der Waals surface area (Å²) in [6, 6.07) is 3.50. The van der Waals surface area contributed by atoms with Crippen LogP contribution in [0.4, 0.5) is 0 Å². The number of aliphatic hydroxyl groups excluding tert-OH is 1. The molecule has 1 unspecified atom stereocenters. The molecule has 0 aliphatic rings. The highest BCUT2D eigenvalue weighted by Gasteiger charge is 2.06. The minimum absolute atomic E-state index is 0.361. The molecule has 0 bridgehead atoms. The van der Waals surface area contributed by atoms with Gasteiger partial charge in [-0.1, -0.05) is 0 Å². The van der Waals surface area contributed by atoms with E-state index >= 15 is 0 Å². The molecule has 1 atom stereocenters. The van der Waals surface area contributed by atoms with Crippen LogP contribution in [0.15, 0.2) is 23.9 Å². The van der Waals surface area contributed by atoms with Gasteiger partial charge in [-0.15, -0.1) is 0 Å². The van der Waals surface area contributed by atoms with E-state index in [4.69, 9.17) is 10.8 Å². The largest absolute Gasteiger partial charge is 0.393 e. The number of amides is 1. The van der Waals surface area contributed by atoms with E-state index in [1.54, 1.807) is 31.3 Å². The van der Waals surface area contributed by atoms with Gasteiger partial charge in [0, 0.05) is 11.8 Å². The number of rotatable bonds is 6. The Labute approximate surface area is 100 Å². The van der Waals surface area contributed by atoms with Gasteiger partial charge in [-0.25, -0.2) is 0 Å². The van der Waals surface area contributed by atoms with Crippen LogP contribution in [0.3, 0.4) is 0 Å². The molecule has 1 aromatic rings. The summed E-state index contributed by atoms with van der Waals surface area (Å²) < 4.78 is 0. The lowest BCUT2D eigenvalue weighted by atomic mass is 10.0. The van der Waals surface area contributed by atoms with Crippen molar-refractivity contribution < 1.29 is 9.90 Å². The molecule has 1 amide bonds. The van der Waals surface area contributed by atoms with Crippen LogP contribution in [-0.4, -0.2) is 27.3 Å². The van der Waals surface area contributed by atoms with Crippen LogP contribution in [0.1, 0.15) is 31.9 Å². The smallest absolute Gasteiger partial charge is 0.244 e. The Hall–Kier alpha value is -1.75. The SMILES string of the molecule is CC(O)CCC/C(=C/c1cccnn1)C(N)=O. The van der Waals surface area contributed by atoms with Crippen molar-refractivity contribution in [3.8, 4) is 0 Å². The molecule has 0 aliphatic carbocycles. The van der Waals surface area contributed by atoms with Gasteiger partial charge in [0.05, 0.1) is 11.8 Å². The number of carbonyl (C=O) groups excluding carboxylic acids is 1. The first-order chi connectivity index (χ1) is 8.09. The van der Waals surface area contributed by atoms with Crippen molar-refractivity contribution in [1.29, 1.82) is 0 Å². The molecule has 0 saturated carbocycles. The van der Waals surface area contributed by atoms with Crippen molar-refractivity contribution in [2.24, 2.45) is 5.73 Å². The van der Waals surface area contributed by atoms with Crippen LogP contribution in [0, 0.1) is 0 Å². The molecule has 1 aromatic heterocycles. The van der Waals surface area contributed by atoms with E-state index in [1.165, 1.54) is 0 Å². The second-order valence-corrected chi connectivity index (χ2v) is 3.92. The standard InChI is InChI=1S/C12H17N3O2/c1-9(16)4-2-5-10(12(13)17)8-11-6-3-7-14-15-11/h3,6-9,16H,2,4-5H2,1H3,(H2,13,17)/b10-8-. The van der Waals surface area contributed by atoms with Gasteiger partial charge in [0.2, 0.25) is 5.91 Å². The first-order valence-electron chi connectivity index (χ1n) is 5.55. The predicted octanol–water partition coefficient (Wildman–Crippen LogP) is 0.896. The van der Waals surface area contributed by atoms with Crippen molar-refractivity contribution >= 4 is 12.0 Å². The molecule has 0 spiro atoms. The summed E-state index contributed by atoms with van der Waals surface area (Å²) in [4.78, 5) is 11.2. The average Bonchev–Trinajstić information content (AvgIpc) is 2.28. The highest BCUT2D eigenvalue weighted by atomic mass is 16.3. The second kappa shape index (κ2) is 6.75. The van der Waals surface area contributed by atoms with E-state index in [-0.39, 0.29) is 6.10 Å². The summed E-state index contributed by atoms with van der Waals surface area (Å²) in [5.41, 5.74) is 6.40. The zero-order chi connectivity index (χ0) is 12.7. The number of primary amides is 1. The van der Waals surface area contributed by atoms with Crippen LogP contribution in [-0.2, 0) is 4.79 Å². The van der Waals surface area contributed by atoms with Crippen molar-refractivity contribution in [1.82, 2.24) is 10.2 Å². The van der Waals surface area contributed by atoms with Crippen LogP contribution >= 0.6 is 0 Å². The molecular formula is C12H17N3O2. The number of nitrogens with two attached hydrogens (primary N) is 1. The van der Waals surface area contributed by atoms with Crippen molar-refractivity contribution in [2.75, 3.05) is 0 Å². The zero-order valence-corrected chi connectivity index (χ0v) is 9.84. The summed E-state index contributed by atoms with van der Waals surface area (Å²) in [5, 5.41) is 16.7. The average molecular weight is 235 g/mol. The molecule has 17 heavy (non-hydrogen) atoms. The second-order valence-electron chi connectivity index (χ2n) is 3.92.